The Bertz CT molecular complexity index is 899. The molecule has 0 fully saturated rings. The minimum absolute atomic E-state index is 0.0360. The average Bonchev–Trinajstić information content (AvgIpc) is 2.86. The van der Waals surface area contributed by atoms with Crippen LogP contribution in [0.25, 0.3) is 5.65 Å². The summed E-state index contributed by atoms with van der Waals surface area (Å²) in [5.74, 6) is 0.903. The third kappa shape index (κ3) is 3.05. The van der Waals surface area contributed by atoms with E-state index in [1.54, 1.807) is 12.1 Å². The van der Waals surface area contributed by atoms with Gasteiger partial charge in [-0.3, -0.25) is 4.40 Å². The number of nitrogens with zero attached hydrogens (tertiary/aromatic N) is 4. The molecule has 0 aliphatic carbocycles. The van der Waals surface area contributed by atoms with E-state index in [1.165, 1.54) is 6.07 Å². The van der Waals surface area contributed by atoms with Crippen LogP contribution in [0.2, 0.25) is 5.02 Å². The molecule has 0 aliphatic heterocycles. The van der Waals surface area contributed by atoms with Crippen LogP contribution in [-0.2, 0) is 0 Å². The molecule has 0 saturated heterocycles. The summed E-state index contributed by atoms with van der Waals surface area (Å²) in [4.78, 5) is 4.65. The Morgan fingerprint density at radius 2 is 1.96 bits per heavy atom. The molecule has 6 heteroatoms. The molecule has 23 heavy (non-hydrogen) atoms. The maximum atomic E-state index is 9.86. The minimum atomic E-state index is 0.0360. The molecule has 5 nitrogen and oxygen atoms in total. The highest BCUT2D eigenvalue weighted by molar-refractivity contribution is 6.30. The molecule has 0 saturated carbocycles. The summed E-state index contributed by atoms with van der Waals surface area (Å²) in [6, 6.07) is 8.67. The van der Waals surface area contributed by atoms with Gasteiger partial charge < -0.3 is 5.11 Å². The zero-order chi connectivity index (χ0) is 16.6. The molecule has 1 N–H and O–H groups in total. The number of pyridine rings is 1. The predicted molar refractivity (Wildman–Crippen MR) is 91.3 cm³/mol. The molecule has 1 aromatic carbocycles. The van der Waals surface area contributed by atoms with Crippen LogP contribution in [0.15, 0.2) is 46.8 Å². The number of imidazole rings is 1. The summed E-state index contributed by atoms with van der Waals surface area (Å²) in [5.41, 5.74) is 3.15. The van der Waals surface area contributed by atoms with Crippen molar-refractivity contribution in [1.82, 2.24) is 9.38 Å². The van der Waals surface area contributed by atoms with Gasteiger partial charge in [0.25, 0.3) is 0 Å². The molecule has 2 heterocycles. The van der Waals surface area contributed by atoms with E-state index in [0.717, 1.165) is 16.9 Å². The topological polar surface area (TPSA) is 62.2 Å². The lowest BCUT2D eigenvalue weighted by atomic mass is 10.1. The fourth-order valence-electron chi connectivity index (χ4n) is 2.32. The van der Waals surface area contributed by atoms with Gasteiger partial charge in [-0.2, -0.15) is 0 Å². The van der Waals surface area contributed by atoms with Crippen LogP contribution in [0.4, 0.5) is 11.5 Å². The lowest BCUT2D eigenvalue weighted by Gasteiger charge is -2.02. The molecule has 0 aliphatic rings. The number of benzene rings is 1. The number of halogens is 1. The molecule has 118 valence electrons. The quantitative estimate of drug-likeness (QED) is 0.641. The normalized spacial score (nSPS) is 11.9. The van der Waals surface area contributed by atoms with Crippen LogP contribution in [0.5, 0.6) is 5.75 Å². The van der Waals surface area contributed by atoms with Gasteiger partial charge in [0, 0.05) is 11.2 Å². The van der Waals surface area contributed by atoms with E-state index < -0.39 is 0 Å². The standard InChI is InChI=1S/C17H17ClN4O/c1-10(2)16-17(22-7-6-11(3)8-15(22)19-16)21-20-13-9-12(18)4-5-14(13)23/h4-10,23H,1-3H3. The van der Waals surface area contributed by atoms with Gasteiger partial charge in [-0.05, 0) is 48.7 Å². The van der Waals surface area contributed by atoms with Crippen molar-refractivity contribution in [2.24, 2.45) is 10.2 Å². The van der Waals surface area contributed by atoms with Crippen molar-refractivity contribution in [3.05, 3.63) is 52.8 Å². The number of hydrogen-bond donors (Lipinski definition) is 1. The molecule has 0 atom stereocenters. The van der Waals surface area contributed by atoms with Gasteiger partial charge >= 0.3 is 0 Å². The fraction of sp³-hybridized carbons (Fsp3) is 0.235. The highest BCUT2D eigenvalue weighted by atomic mass is 35.5. The Labute approximate surface area is 139 Å². The van der Waals surface area contributed by atoms with Gasteiger partial charge in [0.2, 0.25) is 0 Å². The molecule has 0 unspecified atom stereocenters. The van der Waals surface area contributed by atoms with Crippen molar-refractivity contribution < 1.29 is 5.11 Å². The van der Waals surface area contributed by atoms with Gasteiger partial charge in [0.15, 0.2) is 5.82 Å². The second-order valence-corrected chi connectivity index (χ2v) is 6.18. The lowest BCUT2D eigenvalue weighted by Crippen LogP contribution is -1.87. The number of aryl methyl sites for hydroxylation is 1. The Morgan fingerprint density at radius 1 is 1.17 bits per heavy atom. The first-order valence-corrected chi connectivity index (χ1v) is 7.72. The van der Waals surface area contributed by atoms with Crippen molar-refractivity contribution in [2.45, 2.75) is 26.7 Å². The van der Waals surface area contributed by atoms with Crippen molar-refractivity contribution in [3.8, 4) is 5.75 Å². The molecule has 0 amide bonds. The Kier molecular flexibility index (Phi) is 4.05. The van der Waals surface area contributed by atoms with Crippen LogP contribution in [0, 0.1) is 6.92 Å². The molecule has 0 bridgehead atoms. The van der Waals surface area contributed by atoms with Gasteiger partial charge in [0.1, 0.15) is 17.1 Å². The maximum Gasteiger partial charge on any atom is 0.183 e. The zero-order valence-corrected chi connectivity index (χ0v) is 13.9. The van der Waals surface area contributed by atoms with Gasteiger partial charge in [0.05, 0.1) is 5.69 Å². The van der Waals surface area contributed by atoms with E-state index in [-0.39, 0.29) is 11.7 Å². The summed E-state index contributed by atoms with van der Waals surface area (Å²) in [5, 5.41) is 18.8. The van der Waals surface area contributed by atoms with Crippen LogP contribution in [0.3, 0.4) is 0 Å². The van der Waals surface area contributed by atoms with E-state index in [9.17, 15) is 5.11 Å². The first kappa shape index (κ1) is 15.5. The summed E-state index contributed by atoms with van der Waals surface area (Å²) < 4.78 is 1.90. The molecule has 3 aromatic rings. The molecule has 0 radical (unpaired) electrons. The van der Waals surface area contributed by atoms with Gasteiger partial charge in [-0.15, -0.1) is 10.2 Å². The highest BCUT2D eigenvalue weighted by Crippen LogP contribution is 2.33. The number of hydrogen-bond acceptors (Lipinski definition) is 4. The Hall–Kier alpha value is -2.40. The largest absolute Gasteiger partial charge is 0.506 e. The predicted octanol–water partition coefficient (Wildman–Crippen LogP) is 5.54. The SMILES string of the molecule is Cc1ccn2c(N=Nc3cc(Cl)ccc3O)c(C(C)C)nc2c1. The summed E-state index contributed by atoms with van der Waals surface area (Å²) in [6.07, 6.45) is 1.93. The summed E-state index contributed by atoms with van der Waals surface area (Å²) in [7, 11) is 0. The number of phenolic OH excluding ortho intramolecular Hbond substituents is 1. The lowest BCUT2D eigenvalue weighted by molar-refractivity contribution is 0.476. The van der Waals surface area contributed by atoms with Crippen LogP contribution in [-0.4, -0.2) is 14.5 Å². The van der Waals surface area contributed by atoms with Gasteiger partial charge in [-0.1, -0.05) is 25.4 Å². The number of aromatic nitrogens is 2. The van der Waals surface area contributed by atoms with E-state index in [1.807, 2.05) is 29.7 Å². The van der Waals surface area contributed by atoms with E-state index >= 15 is 0 Å². The smallest absolute Gasteiger partial charge is 0.183 e. The van der Waals surface area contributed by atoms with Crippen LogP contribution < -0.4 is 0 Å². The van der Waals surface area contributed by atoms with Crippen LogP contribution >= 0.6 is 11.6 Å². The van der Waals surface area contributed by atoms with E-state index in [0.29, 0.717) is 16.5 Å². The zero-order valence-electron chi connectivity index (χ0n) is 13.2. The summed E-state index contributed by atoms with van der Waals surface area (Å²) in [6.45, 7) is 6.14. The van der Waals surface area contributed by atoms with Crippen molar-refractivity contribution in [2.75, 3.05) is 0 Å². The van der Waals surface area contributed by atoms with Crippen LogP contribution in [0.1, 0.15) is 31.0 Å². The number of rotatable bonds is 3. The number of fused-ring (bicyclic) bond motifs is 1. The Morgan fingerprint density at radius 3 is 2.70 bits per heavy atom. The van der Waals surface area contributed by atoms with Crippen molar-refractivity contribution in [1.29, 1.82) is 0 Å². The maximum absolute atomic E-state index is 9.86. The molecule has 3 rings (SSSR count). The van der Waals surface area contributed by atoms with E-state index in [2.05, 4.69) is 29.1 Å². The Balaban J connectivity index is 2.13. The monoisotopic (exact) mass is 328 g/mol. The molecule has 0 spiro atoms. The highest BCUT2D eigenvalue weighted by Gasteiger charge is 2.15. The van der Waals surface area contributed by atoms with Crippen molar-refractivity contribution >= 4 is 28.8 Å². The molecular formula is C17H17ClN4O. The second kappa shape index (κ2) is 6.01. The first-order chi connectivity index (χ1) is 11.0. The number of azo groups is 1. The fourth-order valence-corrected chi connectivity index (χ4v) is 2.48. The second-order valence-electron chi connectivity index (χ2n) is 5.74. The third-order valence-electron chi connectivity index (χ3n) is 3.52. The number of aromatic hydroxyl groups is 1. The molecular weight excluding hydrogens is 312 g/mol. The first-order valence-electron chi connectivity index (χ1n) is 7.34. The third-order valence-corrected chi connectivity index (χ3v) is 3.75. The van der Waals surface area contributed by atoms with Gasteiger partial charge in [-0.25, -0.2) is 4.98 Å². The molecule has 2 aromatic heterocycles. The number of phenols is 1. The average molecular weight is 329 g/mol. The minimum Gasteiger partial charge on any atom is -0.506 e. The van der Waals surface area contributed by atoms with E-state index in [4.69, 9.17) is 11.6 Å². The van der Waals surface area contributed by atoms with Crippen molar-refractivity contribution in [3.63, 3.8) is 0 Å². The summed E-state index contributed by atoms with van der Waals surface area (Å²) >= 11 is 5.94.